The van der Waals surface area contributed by atoms with Crippen LogP contribution in [0.15, 0.2) is 0 Å². The number of halogens is 3. The minimum absolute atomic E-state index is 0.118. The number of aliphatic hydroxyl groups is 1. The molecule has 1 fully saturated rings. The van der Waals surface area contributed by atoms with Gasteiger partial charge in [-0.3, -0.25) is 0 Å². The molecule has 2 atom stereocenters. The molecule has 78 valence electrons. The minimum atomic E-state index is -4.14. The SMILES string of the molecule is CC[C@]1(O)CCC[C@@H](C(F)(F)F)C1. The molecule has 0 amide bonds. The Morgan fingerprint density at radius 3 is 2.54 bits per heavy atom. The molecule has 0 radical (unpaired) electrons. The molecule has 0 spiro atoms. The second kappa shape index (κ2) is 3.48. The number of hydrogen-bond donors (Lipinski definition) is 1. The molecule has 0 unspecified atom stereocenters. The molecule has 1 saturated carbocycles. The average Bonchev–Trinajstić information content (AvgIpc) is 2.03. The molecule has 0 bridgehead atoms. The summed E-state index contributed by atoms with van der Waals surface area (Å²) in [6.45, 7) is 1.73. The van der Waals surface area contributed by atoms with Gasteiger partial charge in [-0.1, -0.05) is 6.92 Å². The van der Waals surface area contributed by atoms with Crippen molar-refractivity contribution < 1.29 is 18.3 Å². The Morgan fingerprint density at radius 2 is 2.08 bits per heavy atom. The first-order chi connectivity index (χ1) is 5.87. The van der Waals surface area contributed by atoms with Crippen LogP contribution in [-0.4, -0.2) is 16.9 Å². The Bertz CT molecular complexity index is 178. The molecule has 1 rings (SSSR count). The molecule has 1 aliphatic carbocycles. The first-order valence-corrected chi connectivity index (χ1v) is 4.66. The van der Waals surface area contributed by atoms with Gasteiger partial charge in [0.25, 0.3) is 0 Å². The summed E-state index contributed by atoms with van der Waals surface area (Å²) >= 11 is 0. The third kappa shape index (κ3) is 2.59. The van der Waals surface area contributed by atoms with Crippen LogP contribution in [0.25, 0.3) is 0 Å². The fraction of sp³-hybridized carbons (Fsp3) is 1.00. The van der Waals surface area contributed by atoms with Gasteiger partial charge >= 0.3 is 6.18 Å². The van der Waals surface area contributed by atoms with Gasteiger partial charge in [-0.25, -0.2) is 0 Å². The second-order valence-corrected chi connectivity index (χ2v) is 3.91. The molecular weight excluding hydrogens is 181 g/mol. The smallest absolute Gasteiger partial charge is 0.390 e. The van der Waals surface area contributed by atoms with E-state index in [1.807, 2.05) is 0 Å². The average molecular weight is 196 g/mol. The van der Waals surface area contributed by atoms with Crippen molar-refractivity contribution in [2.75, 3.05) is 0 Å². The van der Waals surface area contributed by atoms with Crippen molar-refractivity contribution in [2.24, 2.45) is 5.92 Å². The van der Waals surface area contributed by atoms with Crippen LogP contribution in [0.1, 0.15) is 39.0 Å². The number of alkyl halides is 3. The van der Waals surface area contributed by atoms with Crippen molar-refractivity contribution in [3.8, 4) is 0 Å². The van der Waals surface area contributed by atoms with Crippen LogP contribution in [0.5, 0.6) is 0 Å². The third-order valence-electron chi connectivity index (χ3n) is 2.94. The Morgan fingerprint density at radius 1 is 1.46 bits per heavy atom. The lowest BCUT2D eigenvalue weighted by atomic mass is 9.76. The zero-order chi connectivity index (χ0) is 10.1. The van der Waals surface area contributed by atoms with E-state index in [9.17, 15) is 18.3 Å². The maximum Gasteiger partial charge on any atom is 0.391 e. The third-order valence-corrected chi connectivity index (χ3v) is 2.94. The summed E-state index contributed by atoms with van der Waals surface area (Å²) in [5, 5.41) is 9.71. The lowest BCUT2D eigenvalue weighted by Gasteiger charge is -2.36. The predicted octanol–water partition coefficient (Wildman–Crippen LogP) is 2.88. The molecule has 13 heavy (non-hydrogen) atoms. The lowest BCUT2D eigenvalue weighted by molar-refractivity contribution is -0.200. The highest BCUT2D eigenvalue weighted by Crippen LogP contribution is 2.42. The van der Waals surface area contributed by atoms with E-state index >= 15 is 0 Å². The van der Waals surface area contributed by atoms with Gasteiger partial charge in [0, 0.05) is 0 Å². The first-order valence-electron chi connectivity index (χ1n) is 4.66. The summed E-state index contributed by atoms with van der Waals surface area (Å²) < 4.78 is 36.9. The van der Waals surface area contributed by atoms with E-state index in [4.69, 9.17) is 0 Å². The van der Waals surface area contributed by atoms with Crippen molar-refractivity contribution in [3.63, 3.8) is 0 Å². The zero-order valence-corrected chi connectivity index (χ0v) is 7.69. The fourth-order valence-corrected chi connectivity index (χ4v) is 1.94. The molecule has 4 heteroatoms. The van der Waals surface area contributed by atoms with Crippen LogP contribution in [0.2, 0.25) is 0 Å². The fourth-order valence-electron chi connectivity index (χ4n) is 1.94. The normalized spacial score (nSPS) is 36.2. The topological polar surface area (TPSA) is 20.2 Å². The lowest BCUT2D eigenvalue weighted by Crippen LogP contribution is -2.39. The molecule has 0 aromatic rings. The summed E-state index contributed by atoms with van der Waals surface area (Å²) in [7, 11) is 0. The number of rotatable bonds is 1. The highest BCUT2D eigenvalue weighted by molar-refractivity contribution is 4.87. The molecule has 1 nitrogen and oxygen atoms in total. The van der Waals surface area contributed by atoms with E-state index in [1.165, 1.54) is 0 Å². The van der Waals surface area contributed by atoms with Crippen LogP contribution in [0.4, 0.5) is 13.2 Å². The van der Waals surface area contributed by atoms with Crippen molar-refractivity contribution in [3.05, 3.63) is 0 Å². The second-order valence-electron chi connectivity index (χ2n) is 3.91. The molecule has 0 aliphatic heterocycles. The van der Waals surface area contributed by atoms with Crippen LogP contribution in [-0.2, 0) is 0 Å². The maximum atomic E-state index is 12.3. The highest BCUT2D eigenvalue weighted by atomic mass is 19.4. The standard InChI is InChI=1S/C9H15F3O/c1-2-8(13)5-3-4-7(6-8)9(10,11)12/h7,13H,2-6H2,1H3/t7-,8+/m1/s1. The van der Waals surface area contributed by atoms with Gasteiger partial charge in [-0.2, -0.15) is 13.2 Å². The van der Waals surface area contributed by atoms with Crippen LogP contribution in [0.3, 0.4) is 0 Å². The Labute approximate surface area is 75.9 Å². The van der Waals surface area contributed by atoms with Gasteiger partial charge in [0.2, 0.25) is 0 Å². The van der Waals surface area contributed by atoms with Gasteiger partial charge in [-0.05, 0) is 32.1 Å². The largest absolute Gasteiger partial charge is 0.391 e. The van der Waals surface area contributed by atoms with E-state index < -0.39 is 17.7 Å². The molecule has 0 aromatic carbocycles. The van der Waals surface area contributed by atoms with Gasteiger partial charge in [0.05, 0.1) is 11.5 Å². The van der Waals surface area contributed by atoms with Crippen molar-refractivity contribution in [1.82, 2.24) is 0 Å². The van der Waals surface area contributed by atoms with Crippen LogP contribution < -0.4 is 0 Å². The summed E-state index contributed by atoms with van der Waals surface area (Å²) in [5.41, 5.74) is -1.07. The monoisotopic (exact) mass is 196 g/mol. The summed E-state index contributed by atoms with van der Waals surface area (Å²) in [6, 6.07) is 0. The Balaban J connectivity index is 2.62. The van der Waals surface area contributed by atoms with Crippen LogP contribution >= 0.6 is 0 Å². The summed E-state index contributed by atoms with van der Waals surface area (Å²) in [6.07, 6.45) is -2.67. The van der Waals surface area contributed by atoms with E-state index in [0.29, 0.717) is 19.3 Å². The highest BCUT2D eigenvalue weighted by Gasteiger charge is 2.46. The molecule has 0 aromatic heterocycles. The van der Waals surface area contributed by atoms with E-state index in [0.717, 1.165) is 0 Å². The first kappa shape index (κ1) is 10.8. The van der Waals surface area contributed by atoms with Gasteiger partial charge in [0.1, 0.15) is 0 Å². The Hall–Kier alpha value is -0.250. The zero-order valence-electron chi connectivity index (χ0n) is 7.69. The molecule has 1 N–H and O–H groups in total. The quantitative estimate of drug-likeness (QED) is 0.683. The van der Waals surface area contributed by atoms with E-state index in [-0.39, 0.29) is 12.8 Å². The molecule has 0 saturated heterocycles. The Kier molecular flexibility index (Phi) is 2.90. The van der Waals surface area contributed by atoms with Crippen molar-refractivity contribution in [2.45, 2.75) is 50.8 Å². The minimum Gasteiger partial charge on any atom is -0.390 e. The van der Waals surface area contributed by atoms with Crippen molar-refractivity contribution in [1.29, 1.82) is 0 Å². The van der Waals surface area contributed by atoms with Crippen LogP contribution in [0, 0.1) is 5.92 Å². The van der Waals surface area contributed by atoms with Gasteiger partial charge in [0.15, 0.2) is 0 Å². The maximum absolute atomic E-state index is 12.3. The van der Waals surface area contributed by atoms with E-state index in [2.05, 4.69) is 0 Å². The molecular formula is C9H15F3O. The van der Waals surface area contributed by atoms with Gasteiger partial charge in [-0.15, -0.1) is 0 Å². The van der Waals surface area contributed by atoms with Crippen molar-refractivity contribution >= 4 is 0 Å². The predicted molar refractivity (Wildman–Crippen MR) is 43.3 cm³/mol. The number of hydrogen-bond acceptors (Lipinski definition) is 1. The summed E-state index contributed by atoms with van der Waals surface area (Å²) in [4.78, 5) is 0. The molecule has 1 aliphatic rings. The van der Waals surface area contributed by atoms with E-state index in [1.54, 1.807) is 6.92 Å². The van der Waals surface area contributed by atoms with Gasteiger partial charge < -0.3 is 5.11 Å². The summed E-state index contributed by atoms with van der Waals surface area (Å²) in [5.74, 6) is -1.30. The molecule has 0 heterocycles.